The van der Waals surface area contributed by atoms with Crippen molar-refractivity contribution in [3.8, 4) is 5.75 Å². The van der Waals surface area contributed by atoms with Crippen LogP contribution >= 0.6 is 0 Å². The van der Waals surface area contributed by atoms with Gasteiger partial charge in [-0.3, -0.25) is 4.79 Å². The minimum Gasteiger partial charge on any atom is -0.449 e. The highest BCUT2D eigenvalue weighted by Gasteiger charge is 2.38. The smallest absolute Gasteiger partial charge is 0.449 e. The van der Waals surface area contributed by atoms with Gasteiger partial charge < -0.3 is 34.1 Å². The highest BCUT2D eigenvalue weighted by molar-refractivity contribution is 5.86. The van der Waals surface area contributed by atoms with Gasteiger partial charge in [-0.05, 0) is 39.7 Å². The summed E-state index contributed by atoms with van der Waals surface area (Å²) in [6, 6.07) is 0.107. The summed E-state index contributed by atoms with van der Waals surface area (Å²) in [5.41, 5.74) is -2.15. The van der Waals surface area contributed by atoms with Crippen molar-refractivity contribution in [3.63, 3.8) is 0 Å². The third kappa shape index (κ3) is 5.02. The largest absolute Gasteiger partial charge is 0.511 e. The van der Waals surface area contributed by atoms with Gasteiger partial charge in [-0.15, -0.1) is 0 Å². The van der Waals surface area contributed by atoms with Crippen LogP contribution in [-0.2, 0) is 9.47 Å². The van der Waals surface area contributed by atoms with E-state index in [9.17, 15) is 14.4 Å². The molecule has 2 N–H and O–H groups in total. The Bertz CT molecular complexity index is 1240. The number of rotatable bonds is 5. The first-order valence-corrected chi connectivity index (χ1v) is 11.1. The predicted octanol–water partition coefficient (Wildman–Crippen LogP) is 3.40. The number of halogens is 2. The van der Waals surface area contributed by atoms with Crippen molar-refractivity contribution in [1.29, 1.82) is 0 Å². The summed E-state index contributed by atoms with van der Waals surface area (Å²) >= 11 is 0. The number of carbonyl (C=O) groups is 2. The molecule has 2 aliphatic rings. The molecule has 1 aliphatic carbocycles. The normalized spacial score (nSPS) is 20.2. The average molecular weight is 495 g/mol. The SMILES string of the molecule is CO[C@H]1CN(c2c(F)cc3c(=O)c(OC(=O)O)cn(C4CC4)c3c2F)C[C@@H]1NC(=O)OC(C)(C)C. The lowest BCUT2D eigenvalue weighted by atomic mass is 10.1. The topological polar surface area (TPSA) is 119 Å². The van der Waals surface area contributed by atoms with Gasteiger partial charge in [0.2, 0.25) is 5.43 Å². The Balaban J connectivity index is 1.73. The van der Waals surface area contributed by atoms with E-state index >= 15 is 8.78 Å². The number of fused-ring (bicyclic) bond motifs is 1. The van der Waals surface area contributed by atoms with E-state index in [4.69, 9.17) is 14.6 Å². The number of amides is 1. The Labute approximate surface area is 199 Å². The van der Waals surface area contributed by atoms with Gasteiger partial charge >= 0.3 is 12.2 Å². The van der Waals surface area contributed by atoms with Crippen LogP contribution in [0.25, 0.3) is 10.9 Å². The maximum atomic E-state index is 15.9. The fourth-order valence-electron chi connectivity index (χ4n) is 4.30. The second-order valence-electron chi connectivity index (χ2n) is 9.68. The first kappa shape index (κ1) is 24.7. The Hall–Kier alpha value is -3.41. The molecule has 10 nitrogen and oxygen atoms in total. The van der Waals surface area contributed by atoms with Crippen molar-refractivity contribution in [2.24, 2.45) is 0 Å². The molecule has 1 aromatic heterocycles. The number of carbonyl (C=O) groups excluding carboxylic acids is 1. The molecule has 0 radical (unpaired) electrons. The van der Waals surface area contributed by atoms with Gasteiger partial charge in [0.1, 0.15) is 17.1 Å². The molecule has 1 saturated heterocycles. The maximum absolute atomic E-state index is 15.9. The summed E-state index contributed by atoms with van der Waals surface area (Å²) in [6.07, 6.45) is -0.432. The minimum absolute atomic E-state index is 0.0327. The van der Waals surface area contributed by atoms with Crippen LogP contribution in [0.1, 0.15) is 39.7 Å². The molecule has 12 heteroatoms. The zero-order valence-corrected chi connectivity index (χ0v) is 19.8. The van der Waals surface area contributed by atoms with Crippen LogP contribution < -0.4 is 20.4 Å². The molecule has 1 amide bonds. The van der Waals surface area contributed by atoms with Crippen molar-refractivity contribution in [2.75, 3.05) is 25.1 Å². The van der Waals surface area contributed by atoms with Crippen molar-refractivity contribution < 1.29 is 37.7 Å². The van der Waals surface area contributed by atoms with E-state index in [2.05, 4.69) is 10.1 Å². The Kier molecular flexibility index (Phi) is 6.34. The zero-order valence-electron chi connectivity index (χ0n) is 19.8. The third-order valence-electron chi connectivity index (χ3n) is 5.88. The molecule has 4 rings (SSSR count). The van der Waals surface area contributed by atoms with E-state index in [-0.39, 0.29) is 35.7 Å². The molecule has 1 saturated carbocycles. The van der Waals surface area contributed by atoms with E-state index in [0.29, 0.717) is 12.8 Å². The van der Waals surface area contributed by atoms with Crippen LogP contribution in [-0.4, -0.2) is 59.9 Å². The van der Waals surface area contributed by atoms with E-state index in [1.165, 1.54) is 16.6 Å². The monoisotopic (exact) mass is 495 g/mol. The van der Waals surface area contributed by atoms with Crippen LogP contribution in [0.2, 0.25) is 0 Å². The Morgan fingerprint density at radius 1 is 1.20 bits per heavy atom. The average Bonchev–Trinajstić information content (AvgIpc) is 3.50. The van der Waals surface area contributed by atoms with Gasteiger partial charge in [-0.2, -0.15) is 0 Å². The minimum atomic E-state index is -1.70. The highest BCUT2D eigenvalue weighted by Crippen LogP contribution is 2.40. The first-order valence-electron chi connectivity index (χ1n) is 11.1. The number of alkyl carbamates (subject to hydrolysis) is 1. The second kappa shape index (κ2) is 8.99. The fraction of sp³-hybridized carbons (Fsp3) is 0.522. The van der Waals surface area contributed by atoms with Gasteiger partial charge in [0.25, 0.3) is 0 Å². The number of hydrogen-bond donors (Lipinski definition) is 2. The molecular weight excluding hydrogens is 468 g/mol. The number of methoxy groups -OCH3 is 1. The lowest BCUT2D eigenvalue weighted by Gasteiger charge is -2.24. The molecule has 190 valence electrons. The van der Waals surface area contributed by atoms with Crippen molar-refractivity contribution in [3.05, 3.63) is 34.1 Å². The molecule has 2 heterocycles. The predicted molar refractivity (Wildman–Crippen MR) is 121 cm³/mol. The number of nitrogens with zero attached hydrogens (tertiary/aromatic N) is 2. The van der Waals surface area contributed by atoms with Gasteiger partial charge in [0.15, 0.2) is 11.6 Å². The molecule has 1 aliphatic heterocycles. The lowest BCUT2D eigenvalue weighted by molar-refractivity contribution is 0.0417. The Morgan fingerprint density at radius 3 is 2.46 bits per heavy atom. The molecule has 2 atom stereocenters. The number of pyridine rings is 1. The van der Waals surface area contributed by atoms with Gasteiger partial charge in [-0.1, -0.05) is 0 Å². The van der Waals surface area contributed by atoms with Crippen LogP contribution in [0.4, 0.5) is 24.1 Å². The number of benzene rings is 1. The van der Waals surface area contributed by atoms with E-state index in [0.717, 1.165) is 12.3 Å². The van der Waals surface area contributed by atoms with E-state index < -0.39 is 52.8 Å². The molecule has 0 bridgehead atoms. The zero-order chi connectivity index (χ0) is 25.7. The number of aromatic nitrogens is 1. The number of ether oxygens (including phenoxy) is 3. The summed E-state index contributed by atoms with van der Waals surface area (Å²) in [5, 5.41) is 11.3. The number of hydrogen-bond acceptors (Lipinski definition) is 7. The summed E-state index contributed by atoms with van der Waals surface area (Å²) in [6.45, 7) is 5.25. The van der Waals surface area contributed by atoms with Gasteiger partial charge in [0, 0.05) is 26.2 Å². The standard InChI is InChI=1S/C23H27F2N3O7/c1-23(2,3)35-21(30)26-14-8-27(9-15(14)33-4)19-13(24)7-12-18(17(19)25)28(11-5-6-11)10-16(20(12)29)34-22(31)32/h7,10-11,14-15H,5-6,8-9H2,1-4H3,(H,26,30)(H,31,32)/t14-,15-/m0/s1. The van der Waals surface area contributed by atoms with E-state index in [1.807, 2.05) is 0 Å². The molecule has 2 aromatic rings. The number of carboxylic acid groups (broad SMARTS) is 1. The maximum Gasteiger partial charge on any atom is 0.511 e. The van der Waals surface area contributed by atoms with Crippen molar-refractivity contribution in [1.82, 2.24) is 9.88 Å². The third-order valence-corrected chi connectivity index (χ3v) is 5.88. The summed E-state index contributed by atoms with van der Waals surface area (Å²) in [5.74, 6) is -2.49. The summed E-state index contributed by atoms with van der Waals surface area (Å²) in [7, 11) is 1.43. The highest BCUT2D eigenvalue weighted by atomic mass is 19.1. The molecule has 2 fully saturated rings. The number of nitrogens with one attached hydrogen (secondary N) is 1. The van der Waals surface area contributed by atoms with Crippen molar-refractivity contribution >= 4 is 28.8 Å². The molecule has 1 aromatic carbocycles. The molecule has 35 heavy (non-hydrogen) atoms. The lowest BCUT2D eigenvalue weighted by Crippen LogP contribution is -2.45. The second-order valence-corrected chi connectivity index (χ2v) is 9.68. The van der Waals surface area contributed by atoms with Crippen molar-refractivity contribution in [2.45, 2.75) is 57.4 Å². The molecule has 0 unspecified atom stereocenters. The quantitative estimate of drug-likeness (QED) is 0.606. The first-order chi connectivity index (χ1) is 16.4. The van der Waals surface area contributed by atoms with Gasteiger partial charge in [-0.25, -0.2) is 18.4 Å². The van der Waals surface area contributed by atoms with Crippen LogP contribution in [0.3, 0.4) is 0 Å². The Morgan fingerprint density at radius 2 is 1.89 bits per heavy atom. The summed E-state index contributed by atoms with van der Waals surface area (Å²) in [4.78, 5) is 37.4. The van der Waals surface area contributed by atoms with Crippen LogP contribution in [0.5, 0.6) is 5.75 Å². The van der Waals surface area contributed by atoms with Crippen LogP contribution in [0, 0.1) is 11.6 Å². The molecule has 0 spiro atoms. The molecular formula is C23H27F2N3O7. The van der Waals surface area contributed by atoms with Gasteiger partial charge in [0.05, 0.1) is 29.2 Å². The van der Waals surface area contributed by atoms with E-state index in [1.54, 1.807) is 20.8 Å². The summed E-state index contributed by atoms with van der Waals surface area (Å²) < 4.78 is 47.8. The fourth-order valence-corrected chi connectivity index (χ4v) is 4.30. The van der Waals surface area contributed by atoms with Crippen LogP contribution in [0.15, 0.2) is 17.1 Å². The number of anilines is 1.